The average molecular weight is 434 g/mol. The maximum absolute atomic E-state index is 13.0. The highest BCUT2D eigenvalue weighted by molar-refractivity contribution is 6.99. The number of hydrogen-bond acceptors (Lipinski definition) is 8. The summed E-state index contributed by atoms with van der Waals surface area (Å²) in [5, 5.41) is 0. The van der Waals surface area contributed by atoms with Crippen molar-refractivity contribution in [1.82, 2.24) is 13.6 Å². The van der Waals surface area contributed by atoms with Gasteiger partial charge in [-0.05, 0) is 30.5 Å². The van der Waals surface area contributed by atoms with Gasteiger partial charge in [0.15, 0.2) is 17.2 Å². The Labute approximate surface area is 180 Å². The van der Waals surface area contributed by atoms with Crippen LogP contribution >= 0.6 is 11.7 Å². The summed E-state index contributed by atoms with van der Waals surface area (Å²) in [6.45, 7) is 5.77. The van der Waals surface area contributed by atoms with Gasteiger partial charge >= 0.3 is 0 Å². The van der Waals surface area contributed by atoms with Crippen LogP contribution in [0.4, 0.5) is 0 Å². The second-order valence-corrected chi connectivity index (χ2v) is 8.75. The van der Waals surface area contributed by atoms with E-state index in [1.54, 1.807) is 12.0 Å². The van der Waals surface area contributed by atoms with E-state index in [1.807, 2.05) is 18.2 Å². The average Bonchev–Trinajstić information content (AvgIpc) is 3.44. The quantitative estimate of drug-likeness (QED) is 0.601. The molecule has 0 bridgehead atoms. The van der Waals surface area contributed by atoms with E-state index >= 15 is 0 Å². The lowest BCUT2D eigenvalue weighted by Crippen LogP contribution is -2.44. The van der Waals surface area contributed by atoms with Crippen LogP contribution in [-0.4, -0.2) is 65.7 Å². The fraction of sp³-hybridized carbons (Fsp3) is 0.571. The van der Waals surface area contributed by atoms with Gasteiger partial charge in [0, 0.05) is 25.1 Å². The van der Waals surface area contributed by atoms with Gasteiger partial charge in [-0.1, -0.05) is 13.0 Å². The highest BCUT2D eigenvalue weighted by Gasteiger charge is 2.34. The largest absolute Gasteiger partial charge is 0.493 e. The Morgan fingerprint density at radius 1 is 1.37 bits per heavy atom. The number of methoxy groups -OCH3 is 1. The van der Waals surface area contributed by atoms with Gasteiger partial charge in [0.1, 0.15) is 0 Å². The molecule has 3 heterocycles. The van der Waals surface area contributed by atoms with Crippen LogP contribution in [0.2, 0.25) is 0 Å². The number of amides is 1. The number of carbonyl (C=O) groups is 1. The molecule has 0 saturated carbocycles. The molecule has 2 saturated heterocycles. The first-order valence-corrected chi connectivity index (χ1v) is 10.9. The lowest BCUT2D eigenvalue weighted by Gasteiger charge is -2.37. The molecule has 0 N–H and O–H groups in total. The second kappa shape index (κ2) is 9.28. The van der Waals surface area contributed by atoms with Gasteiger partial charge in [-0.3, -0.25) is 4.79 Å². The van der Waals surface area contributed by atoms with Gasteiger partial charge in [-0.25, -0.2) is 0 Å². The Morgan fingerprint density at radius 2 is 2.23 bits per heavy atom. The third kappa shape index (κ3) is 4.91. The summed E-state index contributed by atoms with van der Waals surface area (Å²) in [5.41, 5.74) is 1.34. The molecule has 1 aromatic heterocycles. The van der Waals surface area contributed by atoms with Crippen LogP contribution in [0.15, 0.2) is 24.4 Å². The molecule has 0 radical (unpaired) electrons. The standard InChI is InChI=1S/C21H27N3O5S/c1-21(12-27-13-21)14-29-19-8-15(5-6-18(19)26-2)10-24(11-16-4-3-7-28-16)20(25)17-9-22-30-23-17/h5-6,8-9,16H,3-4,7,10-14H2,1-2H3. The van der Waals surface area contributed by atoms with Crippen LogP contribution in [0.25, 0.3) is 0 Å². The first-order valence-electron chi connectivity index (χ1n) is 10.1. The Balaban J connectivity index is 1.50. The molecule has 1 aromatic carbocycles. The highest BCUT2D eigenvalue weighted by Crippen LogP contribution is 2.33. The van der Waals surface area contributed by atoms with E-state index in [9.17, 15) is 4.79 Å². The number of aromatic nitrogens is 2. The second-order valence-electron chi connectivity index (χ2n) is 8.19. The maximum Gasteiger partial charge on any atom is 0.275 e. The molecule has 0 aliphatic carbocycles. The number of benzene rings is 1. The molecule has 162 valence electrons. The van der Waals surface area contributed by atoms with Crippen LogP contribution in [0.5, 0.6) is 11.5 Å². The zero-order valence-electron chi connectivity index (χ0n) is 17.3. The van der Waals surface area contributed by atoms with E-state index in [1.165, 1.54) is 6.20 Å². The number of rotatable bonds is 9. The SMILES string of the molecule is COc1ccc(CN(CC2CCCO2)C(=O)c2cnsn2)cc1OCC1(C)COC1. The van der Waals surface area contributed by atoms with E-state index in [0.717, 1.165) is 36.7 Å². The zero-order chi connectivity index (χ0) is 21.0. The number of ether oxygens (including phenoxy) is 4. The summed E-state index contributed by atoms with van der Waals surface area (Å²) < 4.78 is 30.7. The smallest absolute Gasteiger partial charge is 0.275 e. The van der Waals surface area contributed by atoms with Crippen LogP contribution in [-0.2, 0) is 16.0 Å². The molecule has 4 rings (SSSR count). The van der Waals surface area contributed by atoms with Crippen LogP contribution < -0.4 is 9.47 Å². The van der Waals surface area contributed by atoms with Crippen molar-refractivity contribution in [3.05, 3.63) is 35.7 Å². The fourth-order valence-corrected chi connectivity index (χ4v) is 4.02. The first-order chi connectivity index (χ1) is 14.6. The number of hydrogen-bond donors (Lipinski definition) is 0. The molecule has 30 heavy (non-hydrogen) atoms. The van der Waals surface area contributed by atoms with Crippen molar-refractivity contribution in [1.29, 1.82) is 0 Å². The van der Waals surface area contributed by atoms with Crippen molar-refractivity contribution in [2.75, 3.05) is 40.1 Å². The van der Waals surface area contributed by atoms with Gasteiger partial charge in [-0.2, -0.15) is 8.75 Å². The Hall–Kier alpha value is -2.23. The predicted octanol–water partition coefficient (Wildman–Crippen LogP) is 2.78. The molecule has 1 amide bonds. The van der Waals surface area contributed by atoms with E-state index in [0.29, 0.717) is 50.1 Å². The van der Waals surface area contributed by atoms with Gasteiger partial charge < -0.3 is 23.8 Å². The molecule has 1 atom stereocenters. The van der Waals surface area contributed by atoms with Gasteiger partial charge in [-0.15, -0.1) is 0 Å². The summed E-state index contributed by atoms with van der Waals surface area (Å²) in [5.74, 6) is 1.20. The summed E-state index contributed by atoms with van der Waals surface area (Å²) in [6, 6.07) is 5.77. The third-order valence-corrected chi connectivity index (χ3v) is 5.87. The van der Waals surface area contributed by atoms with Crippen LogP contribution in [0.3, 0.4) is 0 Å². The predicted molar refractivity (Wildman–Crippen MR) is 111 cm³/mol. The fourth-order valence-electron chi connectivity index (χ4n) is 3.61. The molecular weight excluding hydrogens is 406 g/mol. The molecule has 0 spiro atoms. The minimum absolute atomic E-state index is 0.0282. The normalized spacial score (nSPS) is 19.9. The molecule has 1 unspecified atom stereocenters. The van der Waals surface area contributed by atoms with Crippen molar-refractivity contribution in [3.8, 4) is 11.5 Å². The maximum atomic E-state index is 13.0. The Morgan fingerprint density at radius 3 is 2.87 bits per heavy atom. The van der Waals surface area contributed by atoms with E-state index < -0.39 is 0 Å². The van der Waals surface area contributed by atoms with Crippen molar-refractivity contribution >= 4 is 17.6 Å². The van der Waals surface area contributed by atoms with E-state index in [2.05, 4.69) is 15.7 Å². The monoisotopic (exact) mass is 433 g/mol. The molecule has 2 aliphatic heterocycles. The Kier molecular flexibility index (Phi) is 6.50. The summed E-state index contributed by atoms with van der Waals surface area (Å²) in [4.78, 5) is 14.8. The highest BCUT2D eigenvalue weighted by atomic mass is 32.1. The van der Waals surface area contributed by atoms with Crippen LogP contribution in [0, 0.1) is 5.41 Å². The van der Waals surface area contributed by atoms with Crippen molar-refractivity contribution in [2.24, 2.45) is 5.41 Å². The molecule has 2 aromatic rings. The van der Waals surface area contributed by atoms with E-state index in [-0.39, 0.29) is 17.4 Å². The lowest BCUT2D eigenvalue weighted by atomic mass is 9.90. The summed E-state index contributed by atoms with van der Waals surface area (Å²) in [7, 11) is 1.62. The molecule has 9 heteroatoms. The number of nitrogens with zero attached hydrogens (tertiary/aromatic N) is 3. The first kappa shape index (κ1) is 21.0. The molecule has 2 fully saturated rings. The third-order valence-electron chi connectivity index (χ3n) is 5.39. The van der Waals surface area contributed by atoms with Crippen molar-refractivity contribution in [3.63, 3.8) is 0 Å². The summed E-state index contributed by atoms with van der Waals surface area (Å²) in [6.07, 6.45) is 3.54. The van der Waals surface area contributed by atoms with Gasteiger partial charge in [0.05, 0.1) is 51.0 Å². The minimum atomic E-state index is -0.142. The van der Waals surface area contributed by atoms with Crippen LogP contribution in [0.1, 0.15) is 35.8 Å². The van der Waals surface area contributed by atoms with Gasteiger partial charge in [0.2, 0.25) is 0 Å². The van der Waals surface area contributed by atoms with Gasteiger partial charge in [0.25, 0.3) is 5.91 Å². The molecular formula is C21H27N3O5S. The van der Waals surface area contributed by atoms with Crippen molar-refractivity contribution < 1.29 is 23.7 Å². The topological polar surface area (TPSA) is 83.0 Å². The molecule has 2 aliphatic rings. The van der Waals surface area contributed by atoms with Crippen molar-refractivity contribution in [2.45, 2.75) is 32.4 Å². The lowest BCUT2D eigenvalue weighted by molar-refractivity contribution is -0.120. The molecule has 8 nitrogen and oxygen atoms in total. The summed E-state index contributed by atoms with van der Waals surface area (Å²) >= 11 is 1.03. The zero-order valence-corrected chi connectivity index (χ0v) is 18.2. The number of carbonyl (C=O) groups excluding carboxylic acids is 1. The van der Waals surface area contributed by atoms with E-state index in [4.69, 9.17) is 18.9 Å². The minimum Gasteiger partial charge on any atom is -0.493 e. The Bertz CT molecular complexity index is 850.